The van der Waals surface area contributed by atoms with Gasteiger partial charge < -0.3 is 15.4 Å². The molecule has 1 aromatic rings. The van der Waals surface area contributed by atoms with Gasteiger partial charge in [0.05, 0.1) is 12.5 Å². The number of hydrogen-bond donors (Lipinski definition) is 1. The van der Waals surface area contributed by atoms with Gasteiger partial charge in [-0.2, -0.15) is 0 Å². The summed E-state index contributed by atoms with van der Waals surface area (Å²) < 4.78 is 6.33. The molecule has 1 amide bonds. The molecule has 1 aromatic carbocycles. The average Bonchev–Trinajstić information content (AvgIpc) is 2.49. The minimum atomic E-state index is -0.464. The molecule has 0 atom stereocenters. The number of amides is 1. The van der Waals surface area contributed by atoms with E-state index in [1.807, 2.05) is 39.1 Å². The van der Waals surface area contributed by atoms with Crippen LogP contribution in [-0.2, 0) is 11.3 Å². The molecule has 0 saturated heterocycles. The first-order valence-electron chi connectivity index (χ1n) is 7.22. The Morgan fingerprint density at radius 2 is 1.95 bits per heavy atom. The third kappa shape index (κ3) is 4.61. The second-order valence-corrected chi connectivity index (χ2v) is 6.22. The van der Waals surface area contributed by atoms with E-state index in [2.05, 4.69) is 15.9 Å². The molecule has 0 aliphatic heterocycles. The van der Waals surface area contributed by atoms with E-state index in [1.165, 1.54) is 0 Å². The molecule has 0 spiro atoms. The largest absolute Gasteiger partial charge is 0.496 e. The normalized spacial score (nSPS) is 10.8. The van der Waals surface area contributed by atoms with E-state index >= 15 is 0 Å². The molecule has 0 bridgehead atoms. The first-order valence-corrected chi connectivity index (χ1v) is 8.01. The second kappa shape index (κ2) is 9.38. The van der Waals surface area contributed by atoms with Gasteiger partial charge in [0.2, 0.25) is 5.91 Å². The lowest BCUT2D eigenvalue weighted by molar-refractivity contribution is -0.141. The zero-order valence-electron chi connectivity index (χ0n) is 13.7. The highest BCUT2D eigenvalue weighted by Gasteiger charge is 2.35. The first-order chi connectivity index (χ1) is 9.93. The van der Waals surface area contributed by atoms with E-state index in [1.54, 1.807) is 12.0 Å². The smallest absolute Gasteiger partial charge is 0.230 e. The molecule has 6 heteroatoms. The van der Waals surface area contributed by atoms with Gasteiger partial charge in [0.15, 0.2) is 0 Å². The Balaban J connectivity index is 0.00000441. The highest BCUT2D eigenvalue weighted by atomic mass is 79.9. The molecule has 0 aromatic heterocycles. The zero-order valence-corrected chi connectivity index (χ0v) is 16.1. The fourth-order valence-electron chi connectivity index (χ4n) is 2.53. The fourth-order valence-corrected chi connectivity index (χ4v) is 2.94. The molecule has 0 fully saturated rings. The molecule has 0 aliphatic rings. The standard InChI is InChI=1S/C16H25BrN2O2.ClH/c1-5-16(6-2,11-18)15(20)19(3)10-12-9-13(17)7-8-14(12)21-4;/h7-9H,5-6,10-11,18H2,1-4H3;1H. The molecular formula is C16H26BrClN2O2. The van der Waals surface area contributed by atoms with Gasteiger partial charge in [-0.05, 0) is 31.0 Å². The second-order valence-electron chi connectivity index (χ2n) is 5.31. The first kappa shape index (κ1) is 21.2. The van der Waals surface area contributed by atoms with E-state index in [0.29, 0.717) is 13.1 Å². The lowest BCUT2D eigenvalue weighted by atomic mass is 9.81. The molecule has 0 saturated carbocycles. The Labute approximate surface area is 147 Å². The maximum atomic E-state index is 12.7. The number of hydrogen-bond acceptors (Lipinski definition) is 3. The number of carbonyl (C=O) groups excluding carboxylic acids is 1. The van der Waals surface area contributed by atoms with Crippen LogP contribution in [0.5, 0.6) is 5.75 Å². The van der Waals surface area contributed by atoms with Gasteiger partial charge in [-0.1, -0.05) is 29.8 Å². The van der Waals surface area contributed by atoms with Crippen LogP contribution in [0.15, 0.2) is 22.7 Å². The van der Waals surface area contributed by atoms with Crippen LogP contribution in [0, 0.1) is 5.41 Å². The number of carbonyl (C=O) groups is 1. The highest BCUT2D eigenvalue weighted by Crippen LogP contribution is 2.29. The number of rotatable bonds is 7. The summed E-state index contributed by atoms with van der Waals surface area (Å²) in [5.41, 5.74) is 6.37. The fraction of sp³-hybridized carbons (Fsp3) is 0.562. The highest BCUT2D eigenvalue weighted by molar-refractivity contribution is 9.10. The lowest BCUT2D eigenvalue weighted by Crippen LogP contribution is -2.45. The Morgan fingerprint density at radius 3 is 2.41 bits per heavy atom. The molecule has 0 heterocycles. The molecule has 0 radical (unpaired) electrons. The van der Waals surface area contributed by atoms with E-state index in [-0.39, 0.29) is 18.3 Å². The summed E-state index contributed by atoms with van der Waals surface area (Å²) in [6.45, 7) is 4.91. The average molecular weight is 394 g/mol. The van der Waals surface area contributed by atoms with E-state index < -0.39 is 5.41 Å². The predicted octanol–water partition coefficient (Wildman–Crippen LogP) is 3.60. The molecule has 4 nitrogen and oxygen atoms in total. The van der Waals surface area contributed by atoms with Gasteiger partial charge in [0.1, 0.15) is 5.75 Å². The molecule has 0 aliphatic carbocycles. The molecule has 126 valence electrons. The lowest BCUT2D eigenvalue weighted by Gasteiger charge is -2.33. The van der Waals surface area contributed by atoms with Crippen molar-refractivity contribution in [2.24, 2.45) is 11.1 Å². The van der Waals surface area contributed by atoms with Crippen LogP contribution in [0.1, 0.15) is 32.3 Å². The minimum absolute atomic E-state index is 0. The molecule has 22 heavy (non-hydrogen) atoms. The summed E-state index contributed by atoms with van der Waals surface area (Å²) in [7, 11) is 3.45. The van der Waals surface area contributed by atoms with Crippen molar-refractivity contribution in [3.8, 4) is 5.75 Å². The van der Waals surface area contributed by atoms with Crippen LogP contribution in [0.2, 0.25) is 0 Å². The van der Waals surface area contributed by atoms with Crippen LogP contribution in [0.4, 0.5) is 0 Å². The number of nitrogens with zero attached hydrogens (tertiary/aromatic N) is 1. The predicted molar refractivity (Wildman–Crippen MR) is 96.5 cm³/mol. The van der Waals surface area contributed by atoms with Crippen molar-refractivity contribution in [1.29, 1.82) is 0 Å². The van der Waals surface area contributed by atoms with E-state index in [4.69, 9.17) is 10.5 Å². The van der Waals surface area contributed by atoms with Crippen molar-refractivity contribution >= 4 is 34.2 Å². The Hall–Kier alpha value is -0.780. The summed E-state index contributed by atoms with van der Waals surface area (Å²) in [5, 5.41) is 0. The van der Waals surface area contributed by atoms with Crippen molar-refractivity contribution in [3.05, 3.63) is 28.2 Å². The van der Waals surface area contributed by atoms with Crippen LogP contribution >= 0.6 is 28.3 Å². The Bertz CT molecular complexity index is 485. The van der Waals surface area contributed by atoms with Crippen LogP contribution in [0.25, 0.3) is 0 Å². The quantitative estimate of drug-likeness (QED) is 0.770. The Morgan fingerprint density at radius 1 is 1.36 bits per heavy atom. The molecule has 0 unspecified atom stereocenters. The SMILES string of the molecule is CCC(CC)(CN)C(=O)N(C)Cc1cc(Br)ccc1OC.Cl. The Kier molecular flexibility index (Phi) is 9.05. The van der Waals surface area contributed by atoms with Gasteiger partial charge >= 0.3 is 0 Å². The van der Waals surface area contributed by atoms with Gasteiger partial charge in [0, 0.05) is 30.2 Å². The number of ether oxygens (including phenoxy) is 1. The summed E-state index contributed by atoms with van der Waals surface area (Å²) >= 11 is 3.45. The van der Waals surface area contributed by atoms with Crippen LogP contribution < -0.4 is 10.5 Å². The van der Waals surface area contributed by atoms with Crippen molar-refractivity contribution in [1.82, 2.24) is 4.90 Å². The molecule has 2 N–H and O–H groups in total. The monoisotopic (exact) mass is 392 g/mol. The summed E-state index contributed by atoms with van der Waals surface area (Å²) in [5.74, 6) is 0.876. The number of halogens is 2. The van der Waals surface area contributed by atoms with Crippen molar-refractivity contribution in [2.45, 2.75) is 33.2 Å². The third-order valence-corrected chi connectivity index (χ3v) is 4.69. The zero-order chi connectivity index (χ0) is 16.0. The van der Waals surface area contributed by atoms with Crippen molar-refractivity contribution < 1.29 is 9.53 Å². The van der Waals surface area contributed by atoms with Crippen molar-refractivity contribution in [2.75, 3.05) is 20.7 Å². The van der Waals surface area contributed by atoms with Gasteiger partial charge in [-0.3, -0.25) is 4.79 Å². The summed E-state index contributed by atoms with van der Waals surface area (Å²) in [6.07, 6.45) is 1.50. The van der Waals surface area contributed by atoms with E-state index in [9.17, 15) is 4.79 Å². The maximum Gasteiger partial charge on any atom is 0.230 e. The molecule has 1 rings (SSSR count). The summed E-state index contributed by atoms with van der Waals surface area (Å²) in [6, 6.07) is 5.80. The van der Waals surface area contributed by atoms with Crippen molar-refractivity contribution in [3.63, 3.8) is 0 Å². The van der Waals surface area contributed by atoms with Crippen LogP contribution in [-0.4, -0.2) is 31.5 Å². The number of benzene rings is 1. The van der Waals surface area contributed by atoms with Crippen LogP contribution in [0.3, 0.4) is 0 Å². The van der Waals surface area contributed by atoms with Gasteiger partial charge in [-0.15, -0.1) is 12.4 Å². The minimum Gasteiger partial charge on any atom is -0.496 e. The van der Waals surface area contributed by atoms with Gasteiger partial charge in [-0.25, -0.2) is 0 Å². The number of methoxy groups -OCH3 is 1. The third-order valence-electron chi connectivity index (χ3n) is 4.19. The number of nitrogens with two attached hydrogens (primary N) is 1. The topological polar surface area (TPSA) is 55.6 Å². The maximum absolute atomic E-state index is 12.7. The van der Waals surface area contributed by atoms with Gasteiger partial charge in [0.25, 0.3) is 0 Å². The van der Waals surface area contributed by atoms with E-state index in [0.717, 1.165) is 28.6 Å². The summed E-state index contributed by atoms with van der Waals surface area (Å²) in [4.78, 5) is 14.5. The molecular weight excluding hydrogens is 368 g/mol.